The summed E-state index contributed by atoms with van der Waals surface area (Å²) >= 11 is 0. The smallest absolute Gasteiger partial charge is 0.306 e. The van der Waals surface area contributed by atoms with Crippen molar-refractivity contribution in [1.29, 1.82) is 0 Å². The van der Waals surface area contributed by atoms with E-state index in [1.807, 2.05) is 0 Å². The van der Waals surface area contributed by atoms with Crippen molar-refractivity contribution in [2.24, 2.45) is 0 Å². The van der Waals surface area contributed by atoms with Crippen LogP contribution in [0.4, 0.5) is 0 Å². The molecular weight excluding hydrogens is 488 g/mol. The zero-order valence-corrected chi connectivity index (χ0v) is 27.1. The van der Waals surface area contributed by atoms with E-state index in [9.17, 15) is 4.79 Å². The average molecular weight is 551 g/mol. The first-order valence-electron chi connectivity index (χ1n) is 16.1. The maximum absolute atomic E-state index is 12.0. The van der Waals surface area contributed by atoms with Crippen LogP contribution in [0.1, 0.15) is 144 Å². The quantitative estimate of drug-likeness (QED) is 0.0517. The van der Waals surface area contributed by atoms with Gasteiger partial charge in [0.1, 0.15) is 6.61 Å². The van der Waals surface area contributed by atoms with Crippen LogP contribution in [0, 0.1) is 0 Å². The second kappa shape index (κ2) is 28.2. The van der Waals surface area contributed by atoms with E-state index in [0.29, 0.717) is 13.0 Å². The summed E-state index contributed by atoms with van der Waals surface area (Å²) in [5, 5.41) is 0. The molecule has 0 radical (unpaired) electrons. The summed E-state index contributed by atoms with van der Waals surface area (Å²) in [5.41, 5.74) is 5.65. The summed E-state index contributed by atoms with van der Waals surface area (Å²) < 4.78 is 5.41. The SMILES string of the molecule is CCCC/C=C/C=C/C=C\CCCCCCCC(=O)OC/C=C(\C)CC/C=C(\C)CC/C=C(\C)CCC=C(C)C. The fraction of sp³-hybridized carbons (Fsp3) is 0.605. The van der Waals surface area contributed by atoms with Crippen molar-refractivity contribution < 1.29 is 9.53 Å². The van der Waals surface area contributed by atoms with Crippen LogP contribution in [0.15, 0.2) is 83.1 Å². The Morgan fingerprint density at radius 2 is 1.02 bits per heavy atom. The van der Waals surface area contributed by atoms with Gasteiger partial charge in [0.25, 0.3) is 0 Å². The van der Waals surface area contributed by atoms with E-state index in [-0.39, 0.29) is 5.97 Å². The molecule has 0 spiro atoms. The first-order chi connectivity index (χ1) is 19.3. The maximum atomic E-state index is 12.0. The summed E-state index contributed by atoms with van der Waals surface area (Å²) in [7, 11) is 0. The zero-order valence-electron chi connectivity index (χ0n) is 27.1. The molecule has 0 unspecified atom stereocenters. The molecule has 2 heteroatoms. The van der Waals surface area contributed by atoms with Crippen LogP contribution in [-0.4, -0.2) is 12.6 Å². The number of rotatable bonds is 24. The van der Waals surface area contributed by atoms with Gasteiger partial charge in [-0.3, -0.25) is 4.79 Å². The molecule has 0 saturated carbocycles. The molecule has 0 amide bonds. The lowest BCUT2D eigenvalue weighted by Crippen LogP contribution is -2.04. The minimum absolute atomic E-state index is 0.0672. The predicted octanol–water partition coefficient (Wildman–Crippen LogP) is 12.3. The van der Waals surface area contributed by atoms with Gasteiger partial charge in [-0.2, -0.15) is 0 Å². The van der Waals surface area contributed by atoms with Crippen molar-refractivity contribution >= 4 is 5.97 Å². The molecule has 0 aliphatic heterocycles. The van der Waals surface area contributed by atoms with Crippen molar-refractivity contribution in [1.82, 2.24) is 0 Å². The summed E-state index contributed by atoms with van der Waals surface area (Å²) in [5.74, 6) is -0.0672. The largest absolute Gasteiger partial charge is 0.461 e. The molecule has 0 aromatic heterocycles. The van der Waals surface area contributed by atoms with E-state index in [1.165, 1.54) is 60.8 Å². The lowest BCUT2D eigenvalue weighted by molar-refractivity contribution is -0.142. The first-order valence-corrected chi connectivity index (χ1v) is 16.1. The lowest BCUT2D eigenvalue weighted by Gasteiger charge is -2.04. The highest BCUT2D eigenvalue weighted by molar-refractivity contribution is 5.69. The fourth-order valence-corrected chi connectivity index (χ4v) is 4.20. The van der Waals surface area contributed by atoms with Gasteiger partial charge in [-0.25, -0.2) is 0 Å². The van der Waals surface area contributed by atoms with Gasteiger partial charge in [-0.1, -0.05) is 116 Å². The van der Waals surface area contributed by atoms with Gasteiger partial charge in [-0.05, 0) is 105 Å². The second-order valence-electron chi connectivity index (χ2n) is 11.4. The van der Waals surface area contributed by atoms with E-state index in [0.717, 1.165) is 57.8 Å². The van der Waals surface area contributed by atoms with E-state index in [1.54, 1.807) is 0 Å². The number of carbonyl (C=O) groups is 1. The molecule has 0 fully saturated rings. The van der Waals surface area contributed by atoms with Gasteiger partial charge >= 0.3 is 5.97 Å². The molecule has 0 aromatic carbocycles. The Balaban J connectivity index is 3.79. The summed E-state index contributed by atoms with van der Waals surface area (Å²) in [6.45, 7) is 13.6. The Kier molecular flexibility index (Phi) is 26.5. The molecule has 226 valence electrons. The normalized spacial score (nSPS) is 13.2. The molecule has 0 atom stereocenters. The molecule has 0 aliphatic rings. The molecule has 0 aromatic rings. The lowest BCUT2D eigenvalue weighted by atomic mass is 10.0. The molecule has 0 bridgehead atoms. The monoisotopic (exact) mass is 550 g/mol. The molecule has 0 saturated heterocycles. The number of carbonyl (C=O) groups excluding carboxylic acids is 1. The summed E-state index contributed by atoms with van der Waals surface area (Å²) in [6.07, 6.45) is 39.8. The zero-order chi connectivity index (χ0) is 29.7. The minimum Gasteiger partial charge on any atom is -0.461 e. The molecule has 0 aliphatic carbocycles. The van der Waals surface area contributed by atoms with Gasteiger partial charge in [0.05, 0.1) is 0 Å². The van der Waals surface area contributed by atoms with E-state index >= 15 is 0 Å². The Bertz CT molecular complexity index is 841. The highest BCUT2D eigenvalue weighted by atomic mass is 16.5. The Labute approximate surface area is 249 Å². The Morgan fingerprint density at radius 1 is 0.525 bits per heavy atom. The molecular formula is C38H62O2. The van der Waals surface area contributed by atoms with Crippen molar-refractivity contribution in [3.05, 3.63) is 83.1 Å². The van der Waals surface area contributed by atoms with Gasteiger partial charge in [0.2, 0.25) is 0 Å². The number of ether oxygens (including phenoxy) is 1. The number of hydrogen-bond acceptors (Lipinski definition) is 2. The highest BCUT2D eigenvalue weighted by Crippen LogP contribution is 2.14. The Hall–Kier alpha value is -2.35. The third-order valence-electron chi connectivity index (χ3n) is 6.91. The van der Waals surface area contributed by atoms with Gasteiger partial charge in [0, 0.05) is 6.42 Å². The molecule has 40 heavy (non-hydrogen) atoms. The molecule has 0 N–H and O–H groups in total. The van der Waals surface area contributed by atoms with Crippen LogP contribution in [0.3, 0.4) is 0 Å². The van der Waals surface area contributed by atoms with Crippen molar-refractivity contribution in [2.75, 3.05) is 6.61 Å². The van der Waals surface area contributed by atoms with Gasteiger partial charge in [-0.15, -0.1) is 0 Å². The van der Waals surface area contributed by atoms with E-state index in [2.05, 4.69) is 102 Å². The van der Waals surface area contributed by atoms with Crippen LogP contribution in [0.5, 0.6) is 0 Å². The van der Waals surface area contributed by atoms with Crippen LogP contribution in [0.2, 0.25) is 0 Å². The fourth-order valence-electron chi connectivity index (χ4n) is 4.20. The number of allylic oxidation sites excluding steroid dienone is 13. The molecule has 0 heterocycles. The first kappa shape index (κ1) is 37.6. The highest BCUT2D eigenvalue weighted by Gasteiger charge is 2.02. The van der Waals surface area contributed by atoms with Crippen LogP contribution in [-0.2, 0) is 9.53 Å². The van der Waals surface area contributed by atoms with Crippen molar-refractivity contribution in [3.8, 4) is 0 Å². The molecule has 0 rings (SSSR count). The van der Waals surface area contributed by atoms with E-state index < -0.39 is 0 Å². The predicted molar refractivity (Wildman–Crippen MR) is 179 cm³/mol. The van der Waals surface area contributed by atoms with Crippen LogP contribution in [0.25, 0.3) is 0 Å². The van der Waals surface area contributed by atoms with Crippen molar-refractivity contribution in [3.63, 3.8) is 0 Å². The van der Waals surface area contributed by atoms with Crippen LogP contribution >= 0.6 is 0 Å². The third-order valence-corrected chi connectivity index (χ3v) is 6.91. The second-order valence-corrected chi connectivity index (χ2v) is 11.4. The average Bonchev–Trinajstić information content (AvgIpc) is 2.90. The van der Waals surface area contributed by atoms with Gasteiger partial charge in [0.15, 0.2) is 0 Å². The minimum atomic E-state index is -0.0672. The standard InChI is InChI=1S/C38H62O2/c1-7-8-9-10-11-12-13-14-15-16-17-18-19-20-21-31-38(39)40-33-32-37(6)30-24-29-36(5)28-23-27-35(4)26-22-25-34(2)3/h10-15,25,27,29,32H,7-9,16-24,26,28,30-31,33H2,1-6H3/b11-10+,13-12+,15-14-,35-27+,36-29+,37-32+. The van der Waals surface area contributed by atoms with Gasteiger partial charge < -0.3 is 4.74 Å². The third kappa shape index (κ3) is 28.7. The number of hydrogen-bond donors (Lipinski definition) is 0. The molecule has 2 nitrogen and oxygen atoms in total. The van der Waals surface area contributed by atoms with Crippen molar-refractivity contribution in [2.45, 2.75) is 144 Å². The summed E-state index contributed by atoms with van der Waals surface area (Å²) in [6, 6.07) is 0. The van der Waals surface area contributed by atoms with E-state index in [4.69, 9.17) is 4.74 Å². The summed E-state index contributed by atoms with van der Waals surface area (Å²) in [4.78, 5) is 12.0. The topological polar surface area (TPSA) is 26.3 Å². The Morgan fingerprint density at radius 3 is 1.60 bits per heavy atom. The number of unbranched alkanes of at least 4 members (excludes halogenated alkanes) is 7. The number of esters is 1. The van der Waals surface area contributed by atoms with Crippen LogP contribution < -0.4 is 0 Å². The maximum Gasteiger partial charge on any atom is 0.306 e.